The van der Waals surface area contributed by atoms with Crippen LogP contribution in [0.4, 0.5) is 17.1 Å². The molecule has 0 heterocycles. The maximum Gasteiger partial charge on any atom is 0.269 e. The summed E-state index contributed by atoms with van der Waals surface area (Å²) in [5.74, 6) is -1.29. The zero-order chi connectivity index (χ0) is 13.8. The number of non-ortho nitro benzene ring substituents is 1. The van der Waals surface area contributed by atoms with Gasteiger partial charge in [0.25, 0.3) is 5.69 Å². The number of hydrogen-bond donors (Lipinski definition) is 1. The molecule has 0 amide bonds. The number of hydrogen-bond acceptors (Lipinski definition) is 5. The lowest BCUT2D eigenvalue weighted by atomic mass is 10.1. The number of nitro groups is 1. The van der Waals surface area contributed by atoms with Gasteiger partial charge in [-0.25, -0.2) is 0 Å². The van der Waals surface area contributed by atoms with E-state index in [0.717, 1.165) is 0 Å². The van der Waals surface area contributed by atoms with Crippen molar-refractivity contribution in [3.8, 4) is 0 Å². The predicted octanol–water partition coefficient (Wildman–Crippen LogP) is 1.70. The second-order valence-electron chi connectivity index (χ2n) is 3.76. The van der Waals surface area contributed by atoms with Crippen molar-refractivity contribution < 1.29 is 14.8 Å². The number of nitrogens with one attached hydrogen (secondary N) is 1. The van der Waals surface area contributed by atoms with Crippen LogP contribution in [-0.2, 0) is 0 Å². The molecule has 0 aliphatic rings. The Morgan fingerprint density at radius 3 is 2.26 bits per heavy atom. The Kier molecular flexibility index (Phi) is 3.42. The first-order valence-electron chi connectivity index (χ1n) is 5.40. The molecule has 0 spiro atoms. The summed E-state index contributed by atoms with van der Waals surface area (Å²) >= 11 is 0. The Labute approximate surface area is 108 Å². The Morgan fingerprint density at radius 1 is 1.05 bits per heavy atom. The molecule has 2 rings (SSSR count). The van der Waals surface area contributed by atoms with Gasteiger partial charge in [0, 0.05) is 29.1 Å². The van der Waals surface area contributed by atoms with Crippen LogP contribution in [0.25, 0.3) is 0 Å². The van der Waals surface area contributed by atoms with E-state index >= 15 is 0 Å². The molecule has 2 aromatic carbocycles. The van der Waals surface area contributed by atoms with Gasteiger partial charge in [-0.1, -0.05) is 18.2 Å². The lowest BCUT2D eigenvalue weighted by Crippen LogP contribution is -2.23. The molecule has 0 radical (unpaired) electrons. The molecule has 0 aliphatic heterocycles. The quantitative estimate of drug-likeness (QED) is 0.664. The lowest BCUT2D eigenvalue weighted by molar-refractivity contribution is -0.384. The standard InChI is InChI=1S/C13H10N2O4/c16-13(17)11-3-1-2-4-12(11)14-9-5-7-10(8-6-9)15(18)19/h1-8,14H,(H,16,17)/p-1. The molecular formula is C13H9N2O4-. The van der Waals surface area contributed by atoms with Crippen LogP contribution in [0.3, 0.4) is 0 Å². The fraction of sp³-hybridized carbons (Fsp3) is 0. The highest BCUT2D eigenvalue weighted by Gasteiger charge is 2.06. The molecule has 0 fully saturated rings. The summed E-state index contributed by atoms with van der Waals surface area (Å²) < 4.78 is 0. The third-order valence-corrected chi connectivity index (χ3v) is 2.50. The molecule has 0 saturated carbocycles. The van der Waals surface area contributed by atoms with Gasteiger partial charge in [0.05, 0.1) is 10.9 Å². The van der Waals surface area contributed by atoms with Gasteiger partial charge in [-0.15, -0.1) is 0 Å². The maximum atomic E-state index is 10.9. The summed E-state index contributed by atoms with van der Waals surface area (Å²) in [4.78, 5) is 20.9. The monoisotopic (exact) mass is 257 g/mol. The van der Waals surface area contributed by atoms with Gasteiger partial charge >= 0.3 is 0 Å². The van der Waals surface area contributed by atoms with Crippen molar-refractivity contribution in [2.75, 3.05) is 5.32 Å². The fourth-order valence-corrected chi connectivity index (χ4v) is 1.59. The van der Waals surface area contributed by atoms with E-state index < -0.39 is 10.9 Å². The molecule has 0 bridgehead atoms. The number of carboxylic acid groups (broad SMARTS) is 1. The number of rotatable bonds is 4. The van der Waals surface area contributed by atoms with Gasteiger partial charge in [0.1, 0.15) is 0 Å². The third kappa shape index (κ3) is 2.86. The first-order chi connectivity index (χ1) is 9.08. The van der Waals surface area contributed by atoms with E-state index in [1.165, 1.54) is 30.3 Å². The molecular weight excluding hydrogens is 248 g/mol. The highest BCUT2D eigenvalue weighted by atomic mass is 16.6. The molecule has 0 unspecified atom stereocenters. The SMILES string of the molecule is O=C([O-])c1ccccc1Nc1ccc([N+](=O)[O-])cc1. The van der Waals surface area contributed by atoms with Crippen molar-refractivity contribution in [3.63, 3.8) is 0 Å². The van der Waals surface area contributed by atoms with Gasteiger partial charge in [0.15, 0.2) is 0 Å². The highest BCUT2D eigenvalue weighted by Crippen LogP contribution is 2.22. The summed E-state index contributed by atoms with van der Waals surface area (Å²) in [6.45, 7) is 0. The molecule has 0 saturated heterocycles. The van der Waals surface area contributed by atoms with E-state index in [1.54, 1.807) is 18.2 Å². The molecule has 0 aliphatic carbocycles. The van der Waals surface area contributed by atoms with Crippen LogP contribution in [0.1, 0.15) is 10.4 Å². The van der Waals surface area contributed by atoms with Crippen LogP contribution in [0, 0.1) is 10.1 Å². The highest BCUT2D eigenvalue weighted by molar-refractivity contribution is 5.93. The van der Waals surface area contributed by atoms with Crippen molar-refractivity contribution in [2.24, 2.45) is 0 Å². The molecule has 0 aromatic heterocycles. The lowest BCUT2D eigenvalue weighted by Gasteiger charge is -2.12. The van der Waals surface area contributed by atoms with Crippen molar-refractivity contribution in [1.82, 2.24) is 0 Å². The molecule has 19 heavy (non-hydrogen) atoms. The number of aromatic carboxylic acids is 1. The minimum Gasteiger partial charge on any atom is -0.545 e. The molecule has 0 atom stereocenters. The smallest absolute Gasteiger partial charge is 0.269 e. The third-order valence-electron chi connectivity index (χ3n) is 2.50. The minimum atomic E-state index is -1.29. The second-order valence-corrected chi connectivity index (χ2v) is 3.76. The molecule has 1 N–H and O–H groups in total. The van der Waals surface area contributed by atoms with E-state index in [2.05, 4.69) is 5.32 Å². The minimum absolute atomic E-state index is 0.0286. The van der Waals surface area contributed by atoms with E-state index in [4.69, 9.17) is 0 Å². The topological polar surface area (TPSA) is 95.3 Å². The first-order valence-corrected chi connectivity index (χ1v) is 5.40. The Balaban J connectivity index is 2.26. The molecule has 6 heteroatoms. The van der Waals surface area contributed by atoms with E-state index in [0.29, 0.717) is 11.4 Å². The number of benzene rings is 2. The van der Waals surface area contributed by atoms with Crippen molar-refractivity contribution in [1.29, 1.82) is 0 Å². The summed E-state index contributed by atoms with van der Waals surface area (Å²) in [5, 5.41) is 24.3. The van der Waals surface area contributed by atoms with Crippen LogP contribution < -0.4 is 10.4 Å². The number of nitrogens with zero attached hydrogens (tertiary/aromatic N) is 1. The summed E-state index contributed by atoms with van der Waals surface area (Å²) in [6.07, 6.45) is 0. The van der Waals surface area contributed by atoms with E-state index in [-0.39, 0.29) is 11.3 Å². The van der Waals surface area contributed by atoms with E-state index in [9.17, 15) is 20.0 Å². The number of carbonyl (C=O) groups excluding carboxylic acids is 1. The van der Waals surface area contributed by atoms with Crippen LogP contribution in [0.2, 0.25) is 0 Å². The maximum absolute atomic E-state index is 10.9. The number of anilines is 2. The van der Waals surface area contributed by atoms with Gasteiger partial charge in [-0.2, -0.15) is 0 Å². The van der Waals surface area contributed by atoms with Crippen molar-refractivity contribution in [3.05, 3.63) is 64.2 Å². The van der Waals surface area contributed by atoms with Crippen molar-refractivity contribution in [2.45, 2.75) is 0 Å². The number of carbonyl (C=O) groups is 1. The number of para-hydroxylation sites is 1. The second kappa shape index (κ2) is 5.18. The molecule has 96 valence electrons. The zero-order valence-electron chi connectivity index (χ0n) is 9.70. The van der Waals surface area contributed by atoms with Gasteiger partial charge in [-0.05, 0) is 18.2 Å². The average molecular weight is 257 g/mol. The average Bonchev–Trinajstić information content (AvgIpc) is 2.39. The zero-order valence-corrected chi connectivity index (χ0v) is 9.70. The Hall–Kier alpha value is -2.89. The molecule has 2 aromatic rings. The summed E-state index contributed by atoms with van der Waals surface area (Å²) in [6, 6.07) is 12.0. The van der Waals surface area contributed by atoms with Gasteiger partial charge < -0.3 is 15.2 Å². The summed E-state index contributed by atoms with van der Waals surface area (Å²) in [7, 11) is 0. The normalized spacial score (nSPS) is 9.89. The van der Waals surface area contributed by atoms with Crippen LogP contribution in [0.15, 0.2) is 48.5 Å². The van der Waals surface area contributed by atoms with Crippen molar-refractivity contribution >= 4 is 23.0 Å². The largest absolute Gasteiger partial charge is 0.545 e. The van der Waals surface area contributed by atoms with Crippen LogP contribution in [-0.4, -0.2) is 10.9 Å². The van der Waals surface area contributed by atoms with Gasteiger partial charge in [0.2, 0.25) is 0 Å². The molecule has 6 nitrogen and oxygen atoms in total. The van der Waals surface area contributed by atoms with Crippen LogP contribution >= 0.6 is 0 Å². The fourth-order valence-electron chi connectivity index (χ4n) is 1.59. The predicted molar refractivity (Wildman–Crippen MR) is 67.2 cm³/mol. The van der Waals surface area contributed by atoms with Crippen LogP contribution in [0.5, 0.6) is 0 Å². The first kappa shape index (κ1) is 12.6. The van der Waals surface area contributed by atoms with E-state index in [1.807, 2.05) is 0 Å². The number of nitro benzene ring substituents is 1. The Bertz CT molecular complexity index is 623. The Morgan fingerprint density at radius 2 is 1.68 bits per heavy atom. The summed E-state index contributed by atoms with van der Waals surface area (Å²) in [5.41, 5.74) is 0.926. The van der Waals surface area contributed by atoms with Gasteiger partial charge in [-0.3, -0.25) is 10.1 Å². The number of carboxylic acids is 1.